The zero-order chi connectivity index (χ0) is 69.8. The van der Waals surface area contributed by atoms with Crippen LogP contribution in [-0.2, 0) is 0 Å². The lowest BCUT2D eigenvalue weighted by Gasteiger charge is -2.13. The minimum Gasteiger partial charge on any atom is -0.309 e. The molecular weight excluding hydrogens is 1330 g/mol. The van der Waals surface area contributed by atoms with Crippen LogP contribution in [0.25, 0.3) is 208 Å². The Bertz CT molecular complexity index is 7020. The van der Waals surface area contributed by atoms with Crippen LogP contribution in [-0.4, -0.2) is 39.0 Å². The summed E-state index contributed by atoms with van der Waals surface area (Å²) in [7, 11) is 0. The molecule has 0 unspecified atom stereocenters. The lowest BCUT2D eigenvalue weighted by atomic mass is 9.93. The van der Waals surface area contributed by atoms with Gasteiger partial charge in [0.2, 0.25) is 0 Å². The standard InChI is InChI=1S/C96H58N8S2/c1-4-24-60(25-5-1)91-97-92(61-26-6-2-7-27-61)100-95(99-91)66-32-18-30-64(54-66)65-31-19-34-69(55-65)103-82-45-15-11-39-78(82)88-74(41-23-47-84(88)103)80-58-68(57-79-72-37-13-17-49-86(72)106-90(79)80)59-50-52-63(53-51-59)94-98-93(62-28-8-3-9-29-62)101-96(102-94)67-33-20-35-70(56-67)104-81-44-14-10-38-77(81)87-73(40-22-46-83(87)104)76-43-21-42-75-71-36-12-16-48-85(71)105-89(75)76/h1-58H. The topological polar surface area (TPSA) is 87.2 Å². The normalized spacial score (nSPS) is 11.8. The molecule has 0 saturated carbocycles. The first-order valence-corrected chi connectivity index (χ1v) is 37.2. The number of hydrogen-bond donors (Lipinski definition) is 0. The van der Waals surface area contributed by atoms with Gasteiger partial charge in [-0.05, 0) is 112 Å². The van der Waals surface area contributed by atoms with E-state index in [2.05, 4.69) is 282 Å². The molecule has 0 fully saturated rings. The van der Waals surface area contributed by atoms with Crippen molar-refractivity contribution in [2.45, 2.75) is 0 Å². The molecule has 21 rings (SSSR count). The van der Waals surface area contributed by atoms with Crippen molar-refractivity contribution in [3.63, 3.8) is 0 Å². The molecule has 21 aromatic rings. The lowest BCUT2D eigenvalue weighted by molar-refractivity contribution is 1.07. The Kier molecular flexibility index (Phi) is 14.5. The van der Waals surface area contributed by atoms with Crippen molar-refractivity contribution in [3.05, 3.63) is 352 Å². The van der Waals surface area contributed by atoms with Crippen molar-refractivity contribution in [2.75, 3.05) is 0 Å². The van der Waals surface area contributed by atoms with Crippen LogP contribution < -0.4 is 0 Å². The van der Waals surface area contributed by atoms with Crippen molar-refractivity contribution in [3.8, 4) is 124 Å². The van der Waals surface area contributed by atoms with Gasteiger partial charge < -0.3 is 9.13 Å². The third-order valence-corrected chi connectivity index (χ3v) is 23.1. The van der Waals surface area contributed by atoms with Gasteiger partial charge in [-0.25, -0.2) is 29.9 Å². The second-order valence-electron chi connectivity index (χ2n) is 26.9. The third kappa shape index (κ3) is 10.3. The van der Waals surface area contributed by atoms with Crippen LogP contribution in [0.2, 0.25) is 0 Å². The molecular formula is C96H58N8S2. The summed E-state index contributed by atoms with van der Waals surface area (Å²) in [6.45, 7) is 0. The van der Waals surface area contributed by atoms with E-state index in [4.69, 9.17) is 29.9 Å². The summed E-state index contributed by atoms with van der Waals surface area (Å²) in [5, 5.41) is 9.83. The minimum atomic E-state index is 0.591. The Labute approximate surface area is 617 Å². The highest BCUT2D eigenvalue weighted by Gasteiger charge is 2.24. The van der Waals surface area contributed by atoms with Gasteiger partial charge in [0, 0.05) is 118 Å². The Morgan fingerprint density at radius 3 is 1.07 bits per heavy atom. The Balaban J connectivity index is 0.653. The van der Waals surface area contributed by atoms with Crippen LogP contribution in [0.5, 0.6) is 0 Å². The molecule has 0 aliphatic rings. The molecule has 0 aliphatic carbocycles. The van der Waals surface area contributed by atoms with Crippen LogP contribution in [0.4, 0.5) is 0 Å². The quantitative estimate of drug-likeness (QED) is 0.121. The second-order valence-corrected chi connectivity index (χ2v) is 29.0. The van der Waals surface area contributed by atoms with Gasteiger partial charge in [0.05, 0.1) is 22.1 Å². The van der Waals surface area contributed by atoms with Gasteiger partial charge in [-0.1, -0.05) is 273 Å². The molecule has 0 amide bonds. The summed E-state index contributed by atoms with van der Waals surface area (Å²) in [5.41, 5.74) is 21.2. The van der Waals surface area contributed by atoms with Gasteiger partial charge >= 0.3 is 0 Å². The van der Waals surface area contributed by atoms with Gasteiger partial charge in [-0.15, -0.1) is 22.7 Å². The van der Waals surface area contributed by atoms with E-state index < -0.39 is 0 Å². The summed E-state index contributed by atoms with van der Waals surface area (Å²) < 4.78 is 9.91. The number of hydrogen-bond acceptors (Lipinski definition) is 8. The van der Waals surface area contributed by atoms with E-state index in [0.29, 0.717) is 34.9 Å². The minimum absolute atomic E-state index is 0.591. The average molecular weight is 1390 g/mol. The molecule has 8 nitrogen and oxygen atoms in total. The number of aromatic nitrogens is 8. The zero-order valence-corrected chi connectivity index (χ0v) is 58.5. The SMILES string of the molecule is c1ccc(-c2nc(-c3ccccc3)nc(-c3cccc(-c4cccc(-n5c6ccccc6c6c(-c7cc(-c8ccc(-c9nc(-c%10ccccc%10)nc(-c%10cccc(-n%11c%12ccccc%12c%12c(-c%13cccc%14c%13sc%13ccccc%13%14)cccc%12%11)c%10)n9)cc8)cc8c7sc7ccccc78)cccc65)c4)c3)n2)cc1. The number of fused-ring (bicyclic) bond motifs is 12. The van der Waals surface area contributed by atoms with Crippen LogP contribution in [0.3, 0.4) is 0 Å². The fourth-order valence-corrected chi connectivity index (χ4v) is 18.2. The van der Waals surface area contributed by atoms with E-state index >= 15 is 0 Å². The molecule has 0 radical (unpaired) electrons. The van der Waals surface area contributed by atoms with Gasteiger partial charge in [-0.3, -0.25) is 0 Å². The first-order chi connectivity index (χ1) is 52.5. The predicted octanol–water partition coefficient (Wildman–Crippen LogP) is 25.7. The summed E-state index contributed by atoms with van der Waals surface area (Å²) in [6.07, 6.45) is 0. The summed E-state index contributed by atoms with van der Waals surface area (Å²) >= 11 is 3.73. The maximum atomic E-state index is 5.37. The molecule has 6 aromatic heterocycles. The van der Waals surface area contributed by atoms with E-state index in [0.717, 1.165) is 89.1 Å². The van der Waals surface area contributed by atoms with Crippen LogP contribution in [0.1, 0.15) is 0 Å². The monoisotopic (exact) mass is 1390 g/mol. The van der Waals surface area contributed by atoms with E-state index in [9.17, 15) is 0 Å². The number of para-hydroxylation sites is 2. The molecule has 6 heterocycles. The molecule has 15 aromatic carbocycles. The van der Waals surface area contributed by atoms with Crippen molar-refractivity contribution in [1.82, 2.24) is 39.0 Å². The first-order valence-electron chi connectivity index (χ1n) is 35.6. The van der Waals surface area contributed by atoms with Crippen LogP contribution >= 0.6 is 22.7 Å². The molecule has 0 saturated heterocycles. The van der Waals surface area contributed by atoms with Gasteiger partial charge in [0.15, 0.2) is 34.9 Å². The summed E-state index contributed by atoms with van der Waals surface area (Å²) in [6, 6.07) is 126. The zero-order valence-electron chi connectivity index (χ0n) is 56.9. The predicted molar refractivity (Wildman–Crippen MR) is 442 cm³/mol. The molecule has 0 aliphatic heterocycles. The number of rotatable bonds is 12. The number of nitrogens with zero attached hydrogens (tertiary/aromatic N) is 8. The Hall–Kier alpha value is -13.6. The maximum absolute atomic E-state index is 5.37. The number of thiophene rings is 2. The molecule has 0 bridgehead atoms. The number of benzene rings is 15. The fraction of sp³-hybridized carbons (Fsp3) is 0. The van der Waals surface area contributed by atoms with Crippen molar-refractivity contribution < 1.29 is 0 Å². The highest BCUT2D eigenvalue weighted by atomic mass is 32.1. The largest absolute Gasteiger partial charge is 0.309 e. The van der Waals surface area contributed by atoms with Gasteiger partial charge in [-0.2, -0.15) is 0 Å². The van der Waals surface area contributed by atoms with E-state index in [1.807, 2.05) is 102 Å². The highest BCUT2D eigenvalue weighted by Crippen LogP contribution is 2.49. The van der Waals surface area contributed by atoms with Gasteiger partial charge in [0.1, 0.15) is 0 Å². The molecule has 0 atom stereocenters. The van der Waals surface area contributed by atoms with Crippen molar-refractivity contribution >= 4 is 107 Å². The molecule has 494 valence electrons. The van der Waals surface area contributed by atoms with Crippen molar-refractivity contribution in [2.24, 2.45) is 0 Å². The molecule has 0 N–H and O–H groups in total. The molecule has 106 heavy (non-hydrogen) atoms. The van der Waals surface area contributed by atoms with E-state index in [1.54, 1.807) is 0 Å². The Morgan fingerprint density at radius 1 is 0.189 bits per heavy atom. The fourth-order valence-electron chi connectivity index (χ4n) is 15.7. The highest BCUT2D eigenvalue weighted by molar-refractivity contribution is 7.26. The van der Waals surface area contributed by atoms with E-state index in [1.165, 1.54) is 84.1 Å². The summed E-state index contributed by atoms with van der Waals surface area (Å²) in [4.78, 5) is 31.0. The lowest BCUT2D eigenvalue weighted by Crippen LogP contribution is -2.01. The van der Waals surface area contributed by atoms with Crippen molar-refractivity contribution in [1.29, 1.82) is 0 Å². The first kappa shape index (κ1) is 61.1. The third-order valence-electron chi connectivity index (χ3n) is 20.6. The van der Waals surface area contributed by atoms with Crippen LogP contribution in [0, 0.1) is 0 Å². The van der Waals surface area contributed by atoms with Gasteiger partial charge in [0.25, 0.3) is 0 Å². The smallest absolute Gasteiger partial charge is 0.164 e. The Morgan fingerprint density at radius 2 is 0.528 bits per heavy atom. The van der Waals surface area contributed by atoms with Crippen LogP contribution in [0.15, 0.2) is 352 Å². The molecule has 0 spiro atoms. The second kappa shape index (κ2) is 25.1. The summed E-state index contributed by atoms with van der Waals surface area (Å²) in [5.74, 6) is 3.66. The van der Waals surface area contributed by atoms with E-state index in [-0.39, 0.29) is 0 Å². The average Bonchev–Trinajstić information content (AvgIpc) is 1.56. The molecule has 10 heteroatoms. The maximum Gasteiger partial charge on any atom is 0.164 e.